The van der Waals surface area contributed by atoms with Crippen LogP contribution in [0.2, 0.25) is 0 Å². The highest BCUT2D eigenvalue weighted by Crippen LogP contribution is 2.67. The van der Waals surface area contributed by atoms with Crippen LogP contribution in [0.4, 0.5) is 0 Å². The molecule has 0 amide bonds. The van der Waals surface area contributed by atoms with Crippen LogP contribution in [0, 0.1) is 58.2 Å². The first kappa shape index (κ1) is 21.1. The molecule has 0 radical (unpaired) electrons. The van der Waals surface area contributed by atoms with Gasteiger partial charge in [-0.2, -0.15) is 0 Å². The summed E-state index contributed by atoms with van der Waals surface area (Å²) in [6.45, 7) is 12.7. The first-order chi connectivity index (χ1) is 14.7. The predicted octanol–water partition coefficient (Wildman–Crippen LogP) is 5.16. The lowest BCUT2D eigenvalue weighted by atomic mass is 9.51. The standard InChI is InChI=1S/C28H45NO2/c1-16-5-8-26-27(2,3)22-7-6-18-19(21(22)15-29(26)14-16)12-23-20(18)13-25(31)24-11-17(30)9-10-28(23,24)4/h16-24,26,30H,5-15H2,1-4H3/t16-,17-,18+,19+,20-,21-,22+,23?,24?,26-,28+/m0/s1. The van der Waals surface area contributed by atoms with Crippen LogP contribution in [0.1, 0.15) is 85.5 Å². The molecule has 3 nitrogen and oxygen atoms in total. The zero-order chi connectivity index (χ0) is 21.7. The van der Waals surface area contributed by atoms with Crippen LogP contribution in [0.3, 0.4) is 0 Å². The summed E-state index contributed by atoms with van der Waals surface area (Å²) in [6.07, 6.45) is 10.2. The van der Waals surface area contributed by atoms with E-state index >= 15 is 0 Å². The molecule has 31 heavy (non-hydrogen) atoms. The molecule has 3 heteroatoms. The van der Waals surface area contributed by atoms with Gasteiger partial charge in [-0.25, -0.2) is 0 Å². The molecular formula is C28H45NO2. The van der Waals surface area contributed by atoms with Gasteiger partial charge in [0.1, 0.15) is 5.78 Å². The van der Waals surface area contributed by atoms with Crippen molar-refractivity contribution in [3.8, 4) is 0 Å². The highest BCUT2D eigenvalue weighted by molar-refractivity contribution is 5.83. The number of fused-ring (bicyclic) bond motifs is 8. The molecule has 1 N–H and O–H groups in total. The van der Waals surface area contributed by atoms with Gasteiger partial charge in [0.2, 0.25) is 0 Å². The SMILES string of the molecule is C[C@H]1CC[C@@H]2N(C1)C[C@H]1[C@@H]3CC4[C@@H](CC(=O)C5C[C@@H](O)CC[C@@]54C)[C@@H]3CC[C@H]1C2(C)C. The summed E-state index contributed by atoms with van der Waals surface area (Å²) >= 11 is 0. The lowest BCUT2D eigenvalue weighted by Gasteiger charge is -2.61. The summed E-state index contributed by atoms with van der Waals surface area (Å²) in [6, 6.07) is 0.786. The normalized spacial score (nSPS) is 56.1. The minimum Gasteiger partial charge on any atom is -0.393 e. The number of hydrogen-bond donors (Lipinski definition) is 1. The lowest BCUT2D eigenvalue weighted by Crippen LogP contribution is -2.62. The van der Waals surface area contributed by atoms with Gasteiger partial charge in [0, 0.05) is 31.5 Å². The van der Waals surface area contributed by atoms with Crippen molar-refractivity contribution in [3.05, 3.63) is 0 Å². The average Bonchev–Trinajstić information content (AvgIpc) is 3.09. The van der Waals surface area contributed by atoms with E-state index in [2.05, 4.69) is 32.6 Å². The molecular weight excluding hydrogens is 382 g/mol. The van der Waals surface area contributed by atoms with Crippen molar-refractivity contribution in [1.82, 2.24) is 4.90 Å². The Kier molecular flexibility index (Phi) is 4.81. The molecule has 174 valence electrons. The molecule has 6 aliphatic rings. The Bertz CT molecular complexity index is 747. The molecule has 2 heterocycles. The molecule has 4 aliphatic carbocycles. The van der Waals surface area contributed by atoms with Crippen molar-refractivity contribution in [3.63, 3.8) is 0 Å². The fourth-order valence-electron chi connectivity index (χ4n) is 10.7. The van der Waals surface area contributed by atoms with E-state index in [-0.39, 0.29) is 17.4 Å². The number of hydrogen-bond acceptors (Lipinski definition) is 3. The summed E-state index contributed by atoms with van der Waals surface area (Å²) in [7, 11) is 0. The van der Waals surface area contributed by atoms with Gasteiger partial charge in [-0.15, -0.1) is 0 Å². The number of rotatable bonds is 0. The van der Waals surface area contributed by atoms with Crippen LogP contribution < -0.4 is 0 Å². The number of carbonyl (C=O) groups is 1. The highest BCUT2D eigenvalue weighted by Gasteiger charge is 2.63. The Morgan fingerprint density at radius 3 is 2.48 bits per heavy atom. The van der Waals surface area contributed by atoms with E-state index in [1.54, 1.807) is 0 Å². The van der Waals surface area contributed by atoms with Gasteiger partial charge in [0.25, 0.3) is 0 Å². The molecule has 0 aromatic heterocycles. The molecule has 2 aliphatic heterocycles. The van der Waals surface area contributed by atoms with Gasteiger partial charge in [0.05, 0.1) is 6.10 Å². The Labute approximate surface area is 189 Å². The third kappa shape index (κ3) is 2.94. The van der Waals surface area contributed by atoms with Gasteiger partial charge >= 0.3 is 0 Å². The molecule has 0 bridgehead atoms. The van der Waals surface area contributed by atoms with Crippen molar-refractivity contribution in [2.45, 2.75) is 97.6 Å². The van der Waals surface area contributed by atoms with Gasteiger partial charge in [0.15, 0.2) is 0 Å². The molecule has 4 saturated carbocycles. The van der Waals surface area contributed by atoms with E-state index < -0.39 is 0 Å². The topological polar surface area (TPSA) is 40.5 Å². The van der Waals surface area contributed by atoms with E-state index in [9.17, 15) is 9.90 Å². The van der Waals surface area contributed by atoms with Gasteiger partial charge in [-0.05, 0) is 104 Å². The average molecular weight is 428 g/mol. The van der Waals surface area contributed by atoms with Gasteiger partial charge in [-0.3, -0.25) is 9.69 Å². The number of carbonyl (C=O) groups excluding carboxylic acids is 1. The van der Waals surface area contributed by atoms with E-state index in [1.807, 2.05) is 0 Å². The Morgan fingerprint density at radius 2 is 1.68 bits per heavy atom. The van der Waals surface area contributed by atoms with Crippen molar-refractivity contribution in [2.75, 3.05) is 13.1 Å². The van der Waals surface area contributed by atoms with Gasteiger partial charge in [-0.1, -0.05) is 27.7 Å². The second-order valence-corrected chi connectivity index (χ2v) is 13.8. The third-order valence-electron chi connectivity index (χ3n) is 12.2. The Morgan fingerprint density at radius 1 is 0.871 bits per heavy atom. The summed E-state index contributed by atoms with van der Waals surface area (Å²) < 4.78 is 0. The Balaban J connectivity index is 1.31. The van der Waals surface area contributed by atoms with Crippen LogP contribution in [0.25, 0.3) is 0 Å². The first-order valence-corrected chi connectivity index (χ1v) is 13.6. The molecule has 0 aromatic carbocycles. The van der Waals surface area contributed by atoms with E-state index in [0.717, 1.165) is 67.2 Å². The van der Waals surface area contributed by atoms with Crippen molar-refractivity contribution in [2.24, 2.45) is 58.2 Å². The van der Waals surface area contributed by atoms with E-state index in [4.69, 9.17) is 0 Å². The summed E-state index contributed by atoms with van der Waals surface area (Å²) in [5, 5.41) is 10.3. The van der Waals surface area contributed by atoms with Crippen molar-refractivity contribution in [1.29, 1.82) is 0 Å². The number of nitrogens with zero attached hydrogens (tertiary/aromatic N) is 1. The fourth-order valence-corrected chi connectivity index (χ4v) is 10.7. The zero-order valence-corrected chi connectivity index (χ0v) is 20.4. The third-order valence-corrected chi connectivity index (χ3v) is 12.2. The monoisotopic (exact) mass is 427 g/mol. The molecule has 2 saturated heterocycles. The number of aliphatic hydroxyl groups is 1. The number of aliphatic hydroxyl groups excluding tert-OH is 1. The first-order valence-electron chi connectivity index (χ1n) is 13.6. The highest BCUT2D eigenvalue weighted by atomic mass is 16.3. The minimum absolute atomic E-state index is 0.128. The van der Waals surface area contributed by atoms with Crippen LogP contribution >= 0.6 is 0 Å². The minimum atomic E-state index is -0.246. The van der Waals surface area contributed by atoms with Crippen molar-refractivity contribution >= 4 is 5.78 Å². The van der Waals surface area contributed by atoms with Crippen LogP contribution in [0.15, 0.2) is 0 Å². The van der Waals surface area contributed by atoms with E-state index in [0.29, 0.717) is 17.1 Å². The molecule has 6 rings (SSSR count). The smallest absolute Gasteiger partial charge is 0.136 e. The maximum Gasteiger partial charge on any atom is 0.136 e. The van der Waals surface area contributed by atoms with Crippen LogP contribution in [0.5, 0.6) is 0 Å². The summed E-state index contributed by atoms with van der Waals surface area (Å²) in [4.78, 5) is 16.2. The van der Waals surface area contributed by atoms with Crippen LogP contribution in [-0.4, -0.2) is 41.0 Å². The van der Waals surface area contributed by atoms with Gasteiger partial charge < -0.3 is 5.11 Å². The zero-order valence-electron chi connectivity index (χ0n) is 20.4. The molecule has 11 atom stereocenters. The quantitative estimate of drug-likeness (QED) is 0.580. The molecule has 0 aromatic rings. The summed E-state index contributed by atoms with van der Waals surface area (Å²) in [5.41, 5.74) is 0.581. The lowest BCUT2D eigenvalue weighted by molar-refractivity contribution is -0.145. The molecule has 0 spiro atoms. The maximum atomic E-state index is 13.3. The number of Topliss-reactive ketones (excluding diaryl/α,β-unsaturated/α-hetero) is 1. The van der Waals surface area contributed by atoms with Crippen molar-refractivity contribution < 1.29 is 9.90 Å². The molecule has 6 fully saturated rings. The second-order valence-electron chi connectivity index (χ2n) is 13.8. The van der Waals surface area contributed by atoms with E-state index in [1.165, 1.54) is 45.2 Å². The predicted molar refractivity (Wildman–Crippen MR) is 123 cm³/mol. The maximum absolute atomic E-state index is 13.3. The Hall–Kier alpha value is -0.410. The molecule has 2 unspecified atom stereocenters. The number of piperidine rings is 2. The fraction of sp³-hybridized carbons (Fsp3) is 0.964. The van der Waals surface area contributed by atoms with Crippen LogP contribution in [-0.2, 0) is 4.79 Å². The largest absolute Gasteiger partial charge is 0.393 e. The summed E-state index contributed by atoms with van der Waals surface area (Å²) in [5.74, 6) is 6.16. The second kappa shape index (κ2) is 7.05. The number of ketones is 1.